The van der Waals surface area contributed by atoms with Gasteiger partial charge in [0.05, 0.1) is 4.90 Å². The van der Waals surface area contributed by atoms with Crippen LogP contribution in [0.5, 0.6) is 0 Å². The third kappa shape index (κ3) is 7.82. The van der Waals surface area contributed by atoms with Crippen molar-refractivity contribution in [3.63, 3.8) is 0 Å². The quantitative estimate of drug-likeness (QED) is 0.0928. The van der Waals surface area contributed by atoms with Gasteiger partial charge in [0.25, 0.3) is 0 Å². The molecule has 0 radical (unpaired) electrons. The molecular weight excluding hydrogens is 810 g/mol. The Morgan fingerprint density at radius 1 is 0.583 bits per heavy atom. The predicted octanol–water partition coefficient (Wildman–Crippen LogP) is 8.02. The first-order valence-electron chi connectivity index (χ1n) is 15.9. The van der Waals surface area contributed by atoms with Crippen LogP contribution in [0.1, 0.15) is 23.1 Å². The molecule has 246 valence electrons. The fourth-order valence-corrected chi connectivity index (χ4v) is 10.3. The number of hydrogen-bond acceptors (Lipinski definition) is 2. The Morgan fingerprint density at radius 3 is 1.31 bits per heavy atom. The van der Waals surface area contributed by atoms with Gasteiger partial charge in [-0.15, -0.1) is 0 Å². The molecule has 1 aliphatic heterocycles. The Morgan fingerprint density at radius 2 is 0.938 bits per heavy atom. The van der Waals surface area contributed by atoms with Gasteiger partial charge in [0.15, 0.2) is 0 Å². The van der Waals surface area contributed by atoms with E-state index in [4.69, 9.17) is 0 Å². The minimum atomic E-state index is -3.62. The fraction of sp³-hybridized carbons (Fsp3) is 0.119. The zero-order valence-corrected chi connectivity index (χ0v) is 30.7. The van der Waals surface area contributed by atoms with Gasteiger partial charge >= 0.3 is 22.4 Å². The van der Waals surface area contributed by atoms with Gasteiger partial charge in [0, 0.05) is 12.0 Å². The fourth-order valence-electron chi connectivity index (χ4n) is 6.37. The molecule has 1 saturated heterocycles. The summed E-state index contributed by atoms with van der Waals surface area (Å²) in [5.41, 5.74) is 2.87. The van der Waals surface area contributed by atoms with Crippen molar-refractivity contribution in [2.45, 2.75) is 29.7 Å². The van der Waals surface area contributed by atoms with Crippen LogP contribution in [0.4, 0.5) is 0 Å². The van der Waals surface area contributed by atoms with E-state index in [9.17, 15) is 8.42 Å². The topological polar surface area (TPSA) is 37.4 Å². The first-order valence-corrected chi connectivity index (χ1v) is 18.6. The van der Waals surface area contributed by atoms with Crippen molar-refractivity contribution in [3.05, 3.63) is 200 Å². The number of hydrogen-bond donors (Lipinski definition) is 0. The van der Waals surface area contributed by atoms with E-state index in [1.165, 1.54) is 15.9 Å². The molecule has 1 atom stereocenters. The van der Waals surface area contributed by atoms with E-state index in [2.05, 4.69) is 122 Å². The largest absolute Gasteiger partial charge is 1.00 e. The molecule has 1 heterocycles. The van der Waals surface area contributed by atoms with Crippen LogP contribution in [-0.4, -0.2) is 25.3 Å². The Bertz CT molecular complexity index is 1830. The van der Waals surface area contributed by atoms with Crippen molar-refractivity contribution in [2.75, 3.05) is 6.54 Å². The Hall–Kier alpha value is -3.60. The van der Waals surface area contributed by atoms with E-state index < -0.39 is 23.4 Å². The standard InChI is InChI=1S/C24H24NO2S.C18H15P.Au/c1-19-13-15-23(16-14-19)28(26,27)25-18-24(17-20(25)2,21-9-5-3-6-10-21)22-11-7-4-8-12-22;1-4-10-16(11-5-1)19(17-12-6-2-7-13-17)18-14-8-3-9-15-18;/h3-16,20H,2,17-18H2,1H3;1-15H;/q-1;;+1. The predicted molar refractivity (Wildman–Crippen MR) is 198 cm³/mol. The van der Waals surface area contributed by atoms with Gasteiger partial charge in [-0.05, 0) is 60.4 Å². The zero-order chi connectivity index (χ0) is 32.7. The molecule has 0 aromatic heterocycles. The third-order valence-electron chi connectivity index (χ3n) is 8.74. The van der Waals surface area contributed by atoms with Crippen LogP contribution < -0.4 is 15.9 Å². The second-order valence-electron chi connectivity index (χ2n) is 11.9. The van der Waals surface area contributed by atoms with Crippen LogP contribution in [0.3, 0.4) is 0 Å². The van der Waals surface area contributed by atoms with Crippen molar-refractivity contribution in [1.29, 1.82) is 0 Å². The monoisotopic (exact) mass is 849 g/mol. The number of benzene rings is 6. The van der Waals surface area contributed by atoms with Crippen LogP contribution in [-0.2, 0) is 37.8 Å². The summed E-state index contributed by atoms with van der Waals surface area (Å²) in [7, 11) is -4.07. The molecule has 1 unspecified atom stereocenters. The molecular formula is C42H39AuNO2PS. The van der Waals surface area contributed by atoms with E-state index in [0.717, 1.165) is 16.7 Å². The van der Waals surface area contributed by atoms with Gasteiger partial charge in [-0.2, -0.15) is 0 Å². The molecule has 3 nitrogen and oxygen atoms in total. The van der Waals surface area contributed by atoms with Crippen molar-refractivity contribution in [2.24, 2.45) is 0 Å². The maximum Gasteiger partial charge on any atom is 1.00 e. The van der Waals surface area contributed by atoms with Crippen LogP contribution in [0.15, 0.2) is 181 Å². The first kappa shape index (κ1) is 35.7. The number of sulfonamides is 1. The van der Waals surface area contributed by atoms with E-state index in [-0.39, 0.29) is 28.4 Å². The second kappa shape index (κ2) is 16.2. The smallest absolute Gasteiger partial charge is 0.325 e. The molecule has 0 aliphatic carbocycles. The summed E-state index contributed by atoms with van der Waals surface area (Å²) in [6, 6.07) is 59.4. The Labute approximate surface area is 303 Å². The van der Waals surface area contributed by atoms with Gasteiger partial charge in [0.1, 0.15) is 0 Å². The summed E-state index contributed by atoms with van der Waals surface area (Å²) in [6.45, 7) is 6.55. The number of aryl methyl sites for hydroxylation is 1. The van der Waals surface area contributed by atoms with Crippen molar-refractivity contribution >= 4 is 33.9 Å². The molecule has 1 aliphatic rings. The summed E-state index contributed by atoms with van der Waals surface area (Å²) in [5.74, 6) is 0. The third-order valence-corrected chi connectivity index (χ3v) is 13.1. The average Bonchev–Trinajstić information content (AvgIpc) is 3.50. The van der Waals surface area contributed by atoms with Gasteiger partial charge in [-0.3, -0.25) is 0 Å². The molecule has 6 aromatic rings. The second-order valence-corrected chi connectivity index (χ2v) is 16.0. The molecule has 0 spiro atoms. The summed E-state index contributed by atoms with van der Waals surface area (Å²) in [5, 5.41) is 4.19. The van der Waals surface area contributed by atoms with Crippen LogP contribution in [0.2, 0.25) is 0 Å². The molecule has 0 bridgehead atoms. The van der Waals surface area contributed by atoms with Gasteiger partial charge in [-0.25, -0.2) is 12.7 Å². The summed E-state index contributed by atoms with van der Waals surface area (Å²) < 4.78 is 28.4. The number of nitrogens with zero attached hydrogens (tertiary/aromatic N) is 1. The maximum atomic E-state index is 13.4. The molecule has 48 heavy (non-hydrogen) atoms. The molecule has 1 fully saturated rings. The molecule has 0 N–H and O–H groups in total. The molecule has 6 aromatic carbocycles. The molecule has 7 rings (SSSR count). The van der Waals surface area contributed by atoms with E-state index >= 15 is 0 Å². The first-order chi connectivity index (χ1) is 22.9. The normalized spacial score (nSPS) is 15.6. The summed E-state index contributed by atoms with van der Waals surface area (Å²) in [4.78, 5) is 0.323. The Balaban J connectivity index is 0.000000197. The van der Waals surface area contributed by atoms with Gasteiger partial charge in [-0.1, -0.05) is 175 Å². The van der Waals surface area contributed by atoms with E-state index in [0.29, 0.717) is 17.9 Å². The molecule has 6 heteroatoms. The van der Waals surface area contributed by atoms with E-state index in [1.807, 2.05) is 55.5 Å². The Kier molecular flexibility index (Phi) is 12.0. The van der Waals surface area contributed by atoms with Crippen LogP contribution in [0.25, 0.3) is 0 Å². The molecule has 0 saturated carbocycles. The zero-order valence-electron chi connectivity index (χ0n) is 26.9. The van der Waals surface area contributed by atoms with Gasteiger partial charge < -0.3 is 6.92 Å². The van der Waals surface area contributed by atoms with Crippen molar-refractivity contribution < 1.29 is 30.8 Å². The maximum absolute atomic E-state index is 13.4. The average molecular weight is 850 g/mol. The summed E-state index contributed by atoms with van der Waals surface area (Å²) in [6.07, 6.45) is 0.645. The SMILES string of the molecule is [Au+].[CH2-]C1CC(c2ccccc2)(c2ccccc2)CN1S(=O)(=O)c1ccc(C)cc1.c1ccc(P(c2ccccc2)c2ccccc2)cc1. The minimum absolute atomic E-state index is 0. The van der Waals surface area contributed by atoms with Crippen LogP contribution in [0, 0.1) is 13.8 Å². The summed E-state index contributed by atoms with van der Waals surface area (Å²) >= 11 is 0. The van der Waals surface area contributed by atoms with Crippen LogP contribution >= 0.6 is 7.92 Å². The van der Waals surface area contributed by atoms with E-state index in [1.54, 1.807) is 16.4 Å². The minimum Gasteiger partial charge on any atom is -0.325 e. The van der Waals surface area contributed by atoms with Gasteiger partial charge in [0.2, 0.25) is 10.0 Å². The van der Waals surface area contributed by atoms with Crippen molar-refractivity contribution in [1.82, 2.24) is 4.31 Å². The van der Waals surface area contributed by atoms with Crippen molar-refractivity contribution in [3.8, 4) is 0 Å². The number of rotatable bonds is 7. The molecule has 0 amide bonds.